The van der Waals surface area contributed by atoms with Gasteiger partial charge in [0.25, 0.3) is 0 Å². The topological polar surface area (TPSA) is 54.5 Å². The Kier molecular flexibility index (Phi) is 4.68. The summed E-state index contributed by atoms with van der Waals surface area (Å²) in [5.41, 5.74) is 0.145. The van der Waals surface area contributed by atoms with Gasteiger partial charge in [-0.2, -0.15) is 0 Å². The first-order valence-corrected chi connectivity index (χ1v) is 6.36. The summed E-state index contributed by atoms with van der Waals surface area (Å²) in [6.07, 6.45) is 4.60. The van der Waals surface area contributed by atoms with Crippen molar-refractivity contribution in [2.24, 2.45) is 5.92 Å². The Morgan fingerprint density at radius 3 is 3.21 bits per heavy atom. The predicted octanol–water partition coefficient (Wildman–Crippen LogP) is 2.11. The van der Waals surface area contributed by atoms with Crippen LogP contribution < -0.4 is 5.32 Å². The Balaban J connectivity index is 1.87. The number of nitrogens with zero attached hydrogens (tertiary/aromatic N) is 2. The first-order chi connectivity index (χ1) is 9.16. The van der Waals surface area contributed by atoms with E-state index in [-0.39, 0.29) is 11.7 Å². The molecule has 2 amide bonds. The Morgan fingerprint density at radius 2 is 2.53 bits per heavy atom. The number of urea groups is 1. The number of nitrogens with one attached hydrogen (secondary N) is 1. The molecule has 5 nitrogen and oxygen atoms in total. The van der Waals surface area contributed by atoms with Crippen molar-refractivity contribution < 1.29 is 13.9 Å². The van der Waals surface area contributed by atoms with Gasteiger partial charge in [-0.05, 0) is 18.9 Å². The average molecular weight is 267 g/mol. The van der Waals surface area contributed by atoms with Crippen LogP contribution in [0.25, 0.3) is 0 Å². The van der Waals surface area contributed by atoms with Gasteiger partial charge < -0.3 is 15.0 Å². The van der Waals surface area contributed by atoms with Gasteiger partial charge in [0, 0.05) is 32.3 Å². The zero-order chi connectivity index (χ0) is 13.7. The minimum Gasteiger partial charge on any atom is -0.381 e. The number of hydrogen-bond acceptors (Lipinski definition) is 3. The summed E-state index contributed by atoms with van der Waals surface area (Å²) in [5.74, 6) is -0.183. The highest BCUT2D eigenvalue weighted by atomic mass is 19.1. The fraction of sp³-hybridized carbons (Fsp3) is 0.538. The maximum Gasteiger partial charge on any atom is 0.321 e. The molecule has 0 saturated carbocycles. The van der Waals surface area contributed by atoms with Crippen LogP contribution in [0.1, 0.15) is 12.8 Å². The van der Waals surface area contributed by atoms with Crippen molar-refractivity contribution in [2.45, 2.75) is 12.8 Å². The van der Waals surface area contributed by atoms with Gasteiger partial charge >= 0.3 is 6.03 Å². The monoisotopic (exact) mass is 267 g/mol. The molecule has 104 valence electrons. The zero-order valence-electron chi connectivity index (χ0n) is 10.9. The van der Waals surface area contributed by atoms with Crippen molar-refractivity contribution >= 4 is 11.7 Å². The molecule has 1 atom stereocenters. The van der Waals surface area contributed by atoms with Gasteiger partial charge in [-0.1, -0.05) is 0 Å². The SMILES string of the molecule is CN(C[C@@H]1CCCOC1)C(=O)Nc1ccncc1F. The highest BCUT2D eigenvalue weighted by Crippen LogP contribution is 2.16. The van der Waals surface area contributed by atoms with E-state index in [4.69, 9.17) is 4.74 Å². The van der Waals surface area contributed by atoms with Crippen molar-refractivity contribution in [3.8, 4) is 0 Å². The van der Waals surface area contributed by atoms with E-state index in [0.29, 0.717) is 19.1 Å². The predicted molar refractivity (Wildman–Crippen MR) is 69.4 cm³/mol. The van der Waals surface area contributed by atoms with Crippen LogP contribution in [0.3, 0.4) is 0 Å². The minimum absolute atomic E-state index is 0.145. The van der Waals surface area contributed by atoms with Crippen molar-refractivity contribution in [1.82, 2.24) is 9.88 Å². The number of carbonyl (C=O) groups is 1. The van der Waals surface area contributed by atoms with Crippen LogP contribution in [0.15, 0.2) is 18.5 Å². The highest BCUT2D eigenvalue weighted by molar-refractivity contribution is 5.89. The largest absolute Gasteiger partial charge is 0.381 e. The Morgan fingerprint density at radius 1 is 1.68 bits per heavy atom. The second kappa shape index (κ2) is 6.47. The fourth-order valence-corrected chi connectivity index (χ4v) is 2.11. The van der Waals surface area contributed by atoms with Gasteiger partial charge in [0.15, 0.2) is 5.82 Å². The first-order valence-electron chi connectivity index (χ1n) is 6.36. The third kappa shape index (κ3) is 3.89. The summed E-state index contributed by atoms with van der Waals surface area (Å²) in [6, 6.07) is 1.11. The van der Waals surface area contributed by atoms with Crippen molar-refractivity contribution in [3.05, 3.63) is 24.3 Å². The lowest BCUT2D eigenvalue weighted by atomic mass is 10.0. The molecule has 0 bridgehead atoms. The quantitative estimate of drug-likeness (QED) is 0.912. The maximum absolute atomic E-state index is 13.4. The molecule has 19 heavy (non-hydrogen) atoms. The molecule has 1 aromatic heterocycles. The molecule has 1 aromatic rings. The lowest BCUT2D eigenvalue weighted by Gasteiger charge is -2.27. The van der Waals surface area contributed by atoms with Crippen molar-refractivity contribution in [3.63, 3.8) is 0 Å². The van der Waals surface area contributed by atoms with E-state index in [2.05, 4.69) is 10.3 Å². The molecule has 0 spiro atoms. The molecule has 0 unspecified atom stereocenters. The van der Waals surface area contributed by atoms with Crippen molar-refractivity contribution in [2.75, 3.05) is 32.1 Å². The average Bonchev–Trinajstić information content (AvgIpc) is 2.42. The van der Waals surface area contributed by atoms with Gasteiger partial charge in [0.05, 0.1) is 18.5 Å². The number of ether oxygens (including phenoxy) is 1. The summed E-state index contributed by atoms with van der Waals surface area (Å²) in [5, 5.41) is 2.53. The van der Waals surface area contributed by atoms with Gasteiger partial charge in [-0.25, -0.2) is 9.18 Å². The van der Waals surface area contributed by atoms with Crippen LogP contribution in [0.4, 0.5) is 14.9 Å². The van der Waals surface area contributed by atoms with E-state index < -0.39 is 5.82 Å². The summed E-state index contributed by atoms with van der Waals surface area (Å²) in [4.78, 5) is 17.1. The van der Waals surface area contributed by atoms with Crippen LogP contribution in [-0.2, 0) is 4.74 Å². The number of anilines is 1. The molecule has 6 heteroatoms. The summed E-state index contributed by atoms with van der Waals surface area (Å²) in [6.45, 7) is 2.09. The normalized spacial score (nSPS) is 18.9. The number of pyridine rings is 1. The molecule has 0 radical (unpaired) electrons. The lowest BCUT2D eigenvalue weighted by molar-refractivity contribution is 0.0464. The Labute approximate surface area is 111 Å². The molecule has 1 fully saturated rings. The van der Waals surface area contributed by atoms with E-state index >= 15 is 0 Å². The van der Waals surface area contributed by atoms with Crippen LogP contribution >= 0.6 is 0 Å². The third-order valence-electron chi connectivity index (χ3n) is 3.15. The van der Waals surface area contributed by atoms with Gasteiger partial charge in [0.1, 0.15) is 0 Å². The zero-order valence-corrected chi connectivity index (χ0v) is 10.9. The molecule has 0 aliphatic carbocycles. The second-order valence-electron chi connectivity index (χ2n) is 4.75. The summed E-state index contributed by atoms with van der Waals surface area (Å²) >= 11 is 0. The summed E-state index contributed by atoms with van der Waals surface area (Å²) < 4.78 is 18.7. The van der Waals surface area contributed by atoms with E-state index in [0.717, 1.165) is 25.6 Å². The number of hydrogen-bond donors (Lipinski definition) is 1. The van der Waals surface area contributed by atoms with Crippen molar-refractivity contribution in [1.29, 1.82) is 0 Å². The molecule has 0 aromatic carbocycles. The number of rotatable bonds is 3. The molecule has 2 rings (SSSR count). The number of amides is 2. The lowest BCUT2D eigenvalue weighted by Crippen LogP contribution is -2.37. The van der Waals surface area contributed by atoms with Crippen LogP contribution in [-0.4, -0.2) is 42.7 Å². The summed E-state index contributed by atoms with van der Waals surface area (Å²) in [7, 11) is 1.70. The third-order valence-corrected chi connectivity index (χ3v) is 3.15. The Bertz CT molecular complexity index is 436. The highest BCUT2D eigenvalue weighted by Gasteiger charge is 2.19. The van der Waals surface area contributed by atoms with E-state index in [1.165, 1.54) is 12.3 Å². The molecule has 1 N–H and O–H groups in total. The standard InChI is InChI=1S/C13H18FN3O2/c1-17(8-10-3-2-6-19-9-10)13(18)16-12-4-5-15-7-11(12)14/h4-5,7,10H,2-3,6,8-9H2,1H3,(H,15,16,18)/t10-/m0/s1. The van der Waals surface area contributed by atoms with Gasteiger partial charge in [0.2, 0.25) is 0 Å². The number of aromatic nitrogens is 1. The number of halogens is 1. The van der Waals surface area contributed by atoms with Crippen LogP contribution in [0.2, 0.25) is 0 Å². The van der Waals surface area contributed by atoms with E-state index in [9.17, 15) is 9.18 Å². The maximum atomic E-state index is 13.4. The first kappa shape index (κ1) is 13.7. The molecule has 2 heterocycles. The minimum atomic E-state index is -0.537. The smallest absolute Gasteiger partial charge is 0.321 e. The Hall–Kier alpha value is -1.69. The van der Waals surface area contributed by atoms with Crippen LogP contribution in [0, 0.1) is 11.7 Å². The second-order valence-corrected chi connectivity index (χ2v) is 4.75. The molecule has 1 saturated heterocycles. The molecule has 1 aliphatic rings. The molecular weight excluding hydrogens is 249 g/mol. The molecular formula is C13H18FN3O2. The van der Waals surface area contributed by atoms with E-state index in [1.54, 1.807) is 11.9 Å². The van der Waals surface area contributed by atoms with Gasteiger partial charge in [-0.15, -0.1) is 0 Å². The van der Waals surface area contributed by atoms with Crippen LogP contribution in [0.5, 0.6) is 0 Å². The van der Waals surface area contributed by atoms with E-state index in [1.807, 2.05) is 0 Å². The fourth-order valence-electron chi connectivity index (χ4n) is 2.11. The molecule has 1 aliphatic heterocycles. The number of carbonyl (C=O) groups excluding carboxylic acids is 1. The van der Waals surface area contributed by atoms with Gasteiger partial charge in [-0.3, -0.25) is 4.98 Å².